The monoisotopic (exact) mass is 331 g/mol. The van der Waals surface area contributed by atoms with Gasteiger partial charge in [-0.2, -0.15) is 5.10 Å². The van der Waals surface area contributed by atoms with Crippen LogP contribution >= 0.6 is 0 Å². The lowest BCUT2D eigenvalue weighted by atomic mass is 9.99. The Labute approximate surface area is 141 Å². The molecule has 24 heavy (non-hydrogen) atoms. The summed E-state index contributed by atoms with van der Waals surface area (Å²) in [5.41, 5.74) is 0. The van der Waals surface area contributed by atoms with Crippen LogP contribution in [0.25, 0.3) is 0 Å². The summed E-state index contributed by atoms with van der Waals surface area (Å²) in [5, 5.41) is 9.78. The maximum absolute atomic E-state index is 12.5. The van der Waals surface area contributed by atoms with E-state index in [9.17, 15) is 4.79 Å². The normalized spacial score (nSPS) is 17.9. The molecule has 1 aliphatic rings. The number of piperidine rings is 1. The number of hydrogen-bond donors (Lipinski definition) is 2. The van der Waals surface area contributed by atoms with E-state index in [1.165, 1.54) is 6.42 Å². The number of aromatic nitrogens is 5. The topological polar surface area (TPSA) is 91.7 Å². The minimum atomic E-state index is -0.0236. The van der Waals surface area contributed by atoms with E-state index in [4.69, 9.17) is 0 Å². The van der Waals surface area contributed by atoms with Crippen LogP contribution in [0.4, 0.5) is 4.79 Å². The van der Waals surface area contributed by atoms with Gasteiger partial charge >= 0.3 is 6.03 Å². The van der Waals surface area contributed by atoms with Gasteiger partial charge in [0.2, 0.25) is 0 Å². The molecule has 8 nitrogen and oxygen atoms in total. The van der Waals surface area contributed by atoms with E-state index in [0.29, 0.717) is 12.4 Å². The van der Waals surface area contributed by atoms with E-state index in [2.05, 4.69) is 30.0 Å². The van der Waals surface area contributed by atoms with E-state index in [1.54, 1.807) is 0 Å². The van der Waals surface area contributed by atoms with Crippen molar-refractivity contribution < 1.29 is 4.79 Å². The number of aryl methyl sites for hydroxylation is 3. The summed E-state index contributed by atoms with van der Waals surface area (Å²) in [4.78, 5) is 23.0. The summed E-state index contributed by atoms with van der Waals surface area (Å²) in [6.07, 6.45) is 8.06. The molecule has 130 valence electrons. The molecule has 1 fully saturated rings. The zero-order valence-electron chi connectivity index (χ0n) is 14.3. The molecule has 2 aromatic heterocycles. The van der Waals surface area contributed by atoms with Crippen LogP contribution in [0, 0.1) is 13.8 Å². The SMILES string of the molecule is Cc1nc(CNC(=O)N2CCCCC2CCn2ccnc2C)n[nH]1. The fourth-order valence-electron chi connectivity index (χ4n) is 3.22. The Bertz CT molecular complexity index is 678. The first-order chi connectivity index (χ1) is 11.6. The first-order valence-electron chi connectivity index (χ1n) is 8.53. The summed E-state index contributed by atoms with van der Waals surface area (Å²) in [6.45, 7) is 5.90. The van der Waals surface area contributed by atoms with Crippen LogP contribution in [0.15, 0.2) is 12.4 Å². The molecule has 0 bridgehead atoms. The van der Waals surface area contributed by atoms with Gasteiger partial charge in [-0.15, -0.1) is 0 Å². The Morgan fingerprint density at radius 2 is 2.29 bits per heavy atom. The van der Waals surface area contributed by atoms with Crippen molar-refractivity contribution in [2.24, 2.45) is 0 Å². The second-order valence-corrected chi connectivity index (χ2v) is 6.30. The van der Waals surface area contributed by atoms with Gasteiger partial charge in [0.05, 0.1) is 6.54 Å². The van der Waals surface area contributed by atoms with E-state index in [1.807, 2.05) is 31.1 Å². The minimum Gasteiger partial charge on any atom is -0.335 e. The fraction of sp³-hybridized carbons (Fsp3) is 0.625. The Hall–Kier alpha value is -2.38. The maximum Gasteiger partial charge on any atom is 0.318 e. The van der Waals surface area contributed by atoms with Crippen LogP contribution in [0.1, 0.15) is 43.2 Å². The highest BCUT2D eigenvalue weighted by molar-refractivity contribution is 5.74. The molecule has 3 rings (SSSR count). The van der Waals surface area contributed by atoms with E-state index in [-0.39, 0.29) is 12.1 Å². The second kappa shape index (κ2) is 7.46. The molecule has 8 heteroatoms. The highest BCUT2D eigenvalue weighted by Crippen LogP contribution is 2.20. The van der Waals surface area contributed by atoms with Crippen molar-refractivity contribution in [3.05, 3.63) is 29.9 Å². The molecule has 2 N–H and O–H groups in total. The first kappa shape index (κ1) is 16.5. The van der Waals surface area contributed by atoms with Crippen molar-refractivity contribution in [1.82, 2.24) is 34.9 Å². The smallest absolute Gasteiger partial charge is 0.318 e. The number of aromatic amines is 1. The molecule has 1 aliphatic heterocycles. The summed E-state index contributed by atoms with van der Waals surface area (Å²) in [7, 11) is 0. The zero-order chi connectivity index (χ0) is 16.9. The average Bonchev–Trinajstić information content (AvgIpc) is 3.19. The van der Waals surface area contributed by atoms with Crippen LogP contribution < -0.4 is 5.32 Å². The van der Waals surface area contributed by atoms with Crippen LogP contribution in [-0.4, -0.2) is 48.3 Å². The summed E-state index contributed by atoms with van der Waals surface area (Å²) >= 11 is 0. The van der Waals surface area contributed by atoms with Gasteiger partial charge in [0, 0.05) is 31.5 Å². The van der Waals surface area contributed by atoms with Gasteiger partial charge in [-0.05, 0) is 39.5 Å². The van der Waals surface area contributed by atoms with E-state index in [0.717, 1.165) is 44.0 Å². The summed E-state index contributed by atoms with van der Waals surface area (Å²) < 4.78 is 2.14. The Balaban J connectivity index is 1.54. The summed E-state index contributed by atoms with van der Waals surface area (Å²) in [6, 6.07) is 0.249. The Morgan fingerprint density at radius 3 is 3.00 bits per heavy atom. The van der Waals surface area contributed by atoms with Crippen molar-refractivity contribution >= 4 is 6.03 Å². The molecule has 0 radical (unpaired) electrons. The molecule has 0 aliphatic carbocycles. The van der Waals surface area contributed by atoms with Gasteiger partial charge in [0.15, 0.2) is 5.82 Å². The van der Waals surface area contributed by atoms with Gasteiger partial charge in [0.25, 0.3) is 0 Å². The number of likely N-dealkylation sites (tertiary alicyclic amines) is 1. The van der Waals surface area contributed by atoms with Gasteiger partial charge in [-0.25, -0.2) is 14.8 Å². The molecule has 3 heterocycles. The van der Waals surface area contributed by atoms with Gasteiger partial charge in [0.1, 0.15) is 11.6 Å². The number of carbonyl (C=O) groups excluding carboxylic acids is 1. The summed E-state index contributed by atoms with van der Waals surface area (Å²) in [5.74, 6) is 2.39. The van der Waals surface area contributed by atoms with Crippen molar-refractivity contribution in [1.29, 1.82) is 0 Å². The van der Waals surface area contributed by atoms with E-state index >= 15 is 0 Å². The standard InChI is InChI=1S/C16H25N7O/c1-12-19-15(21-20-12)11-18-16(24)23-8-4-3-5-14(23)6-9-22-10-7-17-13(22)2/h7,10,14H,3-6,8-9,11H2,1-2H3,(H,18,24)(H,19,20,21). The van der Waals surface area contributed by atoms with E-state index < -0.39 is 0 Å². The zero-order valence-corrected chi connectivity index (χ0v) is 14.3. The minimum absolute atomic E-state index is 0.0236. The molecule has 1 atom stereocenters. The molecule has 0 aromatic carbocycles. The third kappa shape index (κ3) is 3.93. The Morgan fingerprint density at radius 1 is 1.42 bits per heavy atom. The van der Waals surface area contributed by atoms with Gasteiger partial charge < -0.3 is 14.8 Å². The first-order valence-corrected chi connectivity index (χ1v) is 8.53. The molecule has 1 unspecified atom stereocenters. The lowest BCUT2D eigenvalue weighted by Crippen LogP contribution is -2.48. The molecular weight excluding hydrogens is 306 g/mol. The number of nitrogens with one attached hydrogen (secondary N) is 2. The van der Waals surface area contributed by atoms with Crippen LogP contribution in [0.5, 0.6) is 0 Å². The number of hydrogen-bond acceptors (Lipinski definition) is 4. The molecule has 0 spiro atoms. The number of imidazole rings is 1. The fourth-order valence-corrected chi connectivity index (χ4v) is 3.22. The number of rotatable bonds is 5. The van der Waals surface area contributed by atoms with Crippen molar-refractivity contribution in [3.63, 3.8) is 0 Å². The number of H-pyrrole nitrogens is 1. The van der Waals surface area contributed by atoms with Crippen molar-refractivity contribution in [2.45, 2.75) is 58.7 Å². The third-order valence-electron chi connectivity index (χ3n) is 4.56. The highest BCUT2D eigenvalue weighted by atomic mass is 16.2. The second-order valence-electron chi connectivity index (χ2n) is 6.30. The van der Waals surface area contributed by atoms with Crippen molar-refractivity contribution in [3.8, 4) is 0 Å². The van der Waals surface area contributed by atoms with Crippen LogP contribution in [-0.2, 0) is 13.1 Å². The lowest BCUT2D eigenvalue weighted by molar-refractivity contribution is 0.143. The van der Waals surface area contributed by atoms with Gasteiger partial charge in [-0.3, -0.25) is 5.10 Å². The Kier molecular flexibility index (Phi) is 5.12. The predicted octanol–water partition coefficient (Wildman–Crippen LogP) is 1.77. The van der Waals surface area contributed by atoms with Crippen LogP contribution in [0.2, 0.25) is 0 Å². The van der Waals surface area contributed by atoms with Crippen LogP contribution in [0.3, 0.4) is 0 Å². The molecule has 2 aromatic rings. The largest absolute Gasteiger partial charge is 0.335 e. The molecular formula is C16H25N7O. The maximum atomic E-state index is 12.5. The average molecular weight is 331 g/mol. The molecule has 0 saturated carbocycles. The highest BCUT2D eigenvalue weighted by Gasteiger charge is 2.26. The number of urea groups is 1. The number of amides is 2. The molecule has 1 saturated heterocycles. The quantitative estimate of drug-likeness (QED) is 0.873. The lowest BCUT2D eigenvalue weighted by Gasteiger charge is -2.35. The van der Waals surface area contributed by atoms with Crippen molar-refractivity contribution in [2.75, 3.05) is 6.54 Å². The van der Waals surface area contributed by atoms with Gasteiger partial charge in [-0.1, -0.05) is 0 Å². The molecule has 2 amide bonds. The third-order valence-corrected chi connectivity index (χ3v) is 4.56. The predicted molar refractivity (Wildman–Crippen MR) is 89.3 cm³/mol. The number of carbonyl (C=O) groups is 1. The number of nitrogens with zero attached hydrogens (tertiary/aromatic N) is 5.